The van der Waals surface area contributed by atoms with Crippen molar-refractivity contribution in [3.63, 3.8) is 0 Å². The van der Waals surface area contributed by atoms with Crippen LogP contribution in [0.5, 0.6) is 5.75 Å². The second-order valence-electron chi connectivity index (χ2n) is 6.92. The van der Waals surface area contributed by atoms with Crippen molar-refractivity contribution >= 4 is 11.6 Å². The maximum atomic E-state index is 11.8. The van der Waals surface area contributed by atoms with Crippen LogP contribution < -0.4 is 15.0 Å². The Kier molecular flexibility index (Phi) is 6.53. The third kappa shape index (κ3) is 5.51. The van der Waals surface area contributed by atoms with Crippen LogP contribution in [0.2, 0.25) is 0 Å². The van der Waals surface area contributed by atoms with Crippen LogP contribution in [-0.4, -0.2) is 32.1 Å². The predicted molar refractivity (Wildman–Crippen MR) is 106 cm³/mol. The molecule has 1 aliphatic heterocycles. The van der Waals surface area contributed by atoms with Crippen LogP contribution in [0, 0.1) is 6.92 Å². The van der Waals surface area contributed by atoms with Crippen molar-refractivity contribution in [1.82, 2.24) is 5.32 Å². The molecule has 4 nitrogen and oxygen atoms in total. The van der Waals surface area contributed by atoms with E-state index < -0.39 is 0 Å². The summed E-state index contributed by atoms with van der Waals surface area (Å²) < 4.78 is 5.48. The molecular weight excluding hydrogens is 324 g/mol. The summed E-state index contributed by atoms with van der Waals surface area (Å²) in [5, 5.41) is 2.92. The molecule has 1 saturated heterocycles. The number of carbonyl (C=O) groups excluding carboxylic acids is 1. The fourth-order valence-electron chi connectivity index (χ4n) is 3.20. The zero-order chi connectivity index (χ0) is 18.2. The molecule has 4 heteroatoms. The van der Waals surface area contributed by atoms with Crippen molar-refractivity contribution in [3.8, 4) is 5.75 Å². The van der Waals surface area contributed by atoms with E-state index in [1.807, 2.05) is 31.2 Å². The highest BCUT2D eigenvalue weighted by atomic mass is 16.5. The average molecular weight is 352 g/mol. The van der Waals surface area contributed by atoms with E-state index in [0.29, 0.717) is 6.54 Å². The molecule has 0 atom stereocenters. The zero-order valence-corrected chi connectivity index (χ0v) is 15.5. The van der Waals surface area contributed by atoms with Gasteiger partial charge in [-0.15, -0.1) is 0 Å². The summed E-state index contributed by atoms with van der Waals surface area (Å²) in [5.74, 6) is 0.652. The van der Waals surface area contributed by atoms with Gasteiger partial charge in [-0.3, -0.25) is 4.79 Å². The summed E-state index contributed by atoms with van der Waals surface area (Å²) in [6.07, 6.45) is 4.50. The third-order valence-corrected chi connectivity index (χ3v) is 4.76. The molecule has 1 N–H and O–H groups in total. The van der Waals surface area contributed by atoms with Crippen molar-refractivity contribution in [1.29, 1.82) is 0 Å². The van der Waals surface area contributed by atoms with Gasteiger partial charge in [-0.05, 0) is 62.4 Å². The van der Waals surface area contributed by atoms with Gasteiger partial charge in [0.15, 0.2) is 6.61 Å². The number of rotatable bonds is 8. The zero-order valence-electron chi connectivity index (χ0n) is 15.5. The smallest absolute Gasteiger partial charge is 0.257 e. The van der Waals surface area contributed by atoms with E-state index in [9.17, 15) is 4.79 Å². The first-order chi connectivity index (χ1) is 12.7. The van der Waals surface area contributed by atoms with E-state index >= 15 is 0 Å². The number of hydrogen-bond donors (Lipinski definition) is 1. The average Bonchev–Trinajstić information content (AvgIpc) is 3.20. The molecule has 0 spiro atoms. The van der Waals surface area contributed by atoms with Crippen LogP contribution in [0.15, 0.2) is 48.5 Å². The molecule has 1 aliphatic rings. The van der Waals surface area contributed by atoms with Gasteiger partial charge in [-0.1, -0.05) is 29.8 Å². The molecule has 0 radical (unpaired) electrons. The Balaban J connectivity index is 1.32. The number of carbonyl (C=O) groups is 1. The Bertz CT molecular complexity index is 689. The van der Waals surface area contributed by atoms with Crippen LogP contribution >= 0.6 is 0 Å². The van der Waals surface area contributed by atoms with Gasteiger partial charge in [0.1, 0.15) is 5.75 Å². The number of benzene rings is 2. The van der Waals surface area contributed by atoms with Crippen molar-refractivity contribution in [2.75, 3.05) is 31.1 Å². The lowest BCUT2D eigenvalue weighted by molar-refractivity contribution is -0.123. The number of ether oxygens (including phenoxy) is 1. The van der Waals surface area contributed by atoms with Crippen molar-refractivity contribution in [2.24, 2.45) is 0 Å². The first kappa shape index (κ1) is 18.3. The molecule has 2 aromatic rings. The highest BCUT2D eigenvalue weighted by Gasteiger charge is 2.11. The lowest BCUT2D eigenvalue weighted by Crippen LogP contribution is -2.29. The highest BCUT2D eigenvalue weighted by molar-refractivity contribution is 5.77. The Morgan fingerprint density at radius 1 is 1.04 bits per heavy atom. The molecule has 1 amide bonds. The monoisotopic (exact) mass is 352 g/mol. The summed E-state index contributed by atoms with van der Waals surface area (Å²) in [7, 11) is 0. The Hall–Kier alpha value is -2.49. The Morgan fingerprint density at radius 3 is 2.42 bits per heavy atom. The molecular formula is C22H28N2O2. The Labute approximate surface area is 156 Å². The SMILES string of the molecule is Cc1ccc(OCC(=O)NCCCc2ccc(N3CCCC3)cc2)cc1. The number of nitrogens with one attached hydrogen (secondary N) is 1. The second-order valence-corrected chi connectivity index (χ2v) is 6.92. The number of nitrogens with zero attached hydrogens (tertiary/aromatic N) is 1. The van der Waals surface area contributed by atoms with Crippen LogP contribution in [0.4, 0.5) is 5.69 Å². The number of anilines is 1. The van der Waals surface area contributed by atoms with Crippen molar-refractivity contribution in [2.45, 2.75) is 32.6 Å². The molecule has 0 saturated carbocycles. The Morgan fingerprint density at radius 2 is 1.73 bits per heavy atom. The minimum absolute atomic E-state index is 0.0631. The van der Waals surface area contributed by atoms with Crippen LogP contribution in [0.3, 0.4) is 0 Å². The largest absolute Gasteiger partial charge is 0.484 e. The van der Waals surface area contributed by atoms with Crippen LogP contribution in [-0.2, 0) is 11.2 Å². The molecule has 3 rings (SSSR count). The van der Waals surface area contributed by atoms with E-state index in [0.717, 1.165) is 18.6 Å². The summed E-state index contributed by atoms with van der Waals surface area (Å²) in [5.41, 5.74) is 3.82. The van der Waals surface area contributed by atoms with Crippen molar-refractivity contribution in [3.05, 3.63) is 59.7 Å². The normalized spacial score (nSPS) is 13.7. The van der Waals surface area contributed by atoms with E-state index in [-0.39, 0.29) is 12.5 Å². The minimum atomic E-state index is -0.0741. The summed E-state index contributed by atoms with van der Waals surface area (Å²) >= 11 is 0. The van der Waals surface area contributed by atoms with Gasteiger partial charge in [-0.25, -0.2) is 0 Å². The van der Waals surface area contributed by atoms with Gasteiger partial charge < -0.3 is 15.0 Å². The fraction of sp³-hybridized carbons (Fsp3) is 0.409. The number of aryl methyl sites for hydroxylation is 2. The lowest BCUT2D eigenvalue weighted by atomic mass is 10.1. The van der Waals surface area contributed by atoms with E-state index in [1.165, 1.54) is 42.7 Å². The number of hydrogen-bond acceptors (Lipinski definition) is 3. The molecule has 1 fully saturated rings. The lowest BCUT2D eigenvalue weighted by Gasteiger charge is -2.17. The van der Waals surface area contributed by atoms with Gasteiger partial charge in [0.25, 0.3) is 5.91 Å². The molecule has 26 heavy (non-hydrogen) atoms. The van der Waals surface area contributed by atoms with Crippen molar-refractivity contribution < 1.29 is 9.53 Å². The van der Waals surface area contributed by atoms with Gasteiger partial charge in [0.2, 0.25) is 0 Å². The molecule has 0 unspecified atom stereocenters. The summed E-state index contributed by atoms with van der Waals surface area (Å²) in [4.78, 5) is 14.3. The quantitative estimate of drug-likeness (QED) is 0.736. The maximum absolute atomic E-state index is 11.8. The van der Waals surface area contributed by atoms with E-state index in [1.54, 1.807) is 0 Å². The van der Waals surface area contributed by atoms with Gasteiger partial charge in [-0.2, -0.15) is 0 Å². The van der Waals surface area contributed by atoms with Gasteiger partial charge in [0, 0.05) is 25.3 Å². The van der Waals surface area contributed by atoms with Crippen LogP contribution in [0.1, 0.15) is 30.4 Å². The highest BCUT2D eigenvalue weighted by Crippen LogP contribution is 2.20. The second kappa shape index (κ2) is 9.27. The van der Waals surface area contributed by atoms with E-state index in [4.69, 9.17) is 4.74 Å². The molecule has 0 bridgehead atoms. The van der Waals surface area contributed by atoms with Gasteiger partial charge >= 0.3 is 0 Å². The molecule has 138 valence electrons. The number of amides is 1. The summed E-state index contributed by atoms with van der Waals surface area (Å²) in [6.45, 7) is 5.11. The predicted octanol–water partition coefficient (Wildman–Crippen LogP) is 3.72. The fourth-order valence-corrected chi connectivity index (χ4v) is 3.20. The first-order valence-electron chi connectivity index (χ1n) is 9.51. The maximum Gasteiger partial charge on any atom is 0.257 e. The van der Waals surface area contributed by atoms with Crippen LogP contribution in [0.25, 0.3) is 0 Å². The molecule has 0 aliphatic carbocycles. The molecule has 0 aromatic heterocycles. The summed E-state index contributed by atoms with van der Waals surface area (Å²) in [6, 6.07) is 16.6. The minimum Gasteiger partial charge on any atom is -0.484 e. The molecule has 1 heterocycles. The molecule has 2 aromatic carbocycles. The first-order valence-corrected chi connectivity index (χ1v) is 9.51. The van der Waals surface area contributed by atoms with E-state index in [2.05, 4.69) is 34.5 Å². The third-order valence-electron chi connectivity index (χ3n) is 4.76. The standard InChI is InChI=1S/C22H28N2O2/c1-18-6-12-21(13-7-18)26-17-22(25)23-14-4-5-19-8-10-20(11-9-19)24-15-2-3-16-24/h6-13H,2-5,14-17H2,1H3,(H,23,25). The topological polar surface area (TPSA) is 41.6 Å². The van der Waals surface area contributed by atoms with Gasteiger partial charge in [0.05, 0.1) is 0 Å².